The molecule has 25 heavy (non-hydrogen) atoms. The number of carbonyl (C=O) groups excluding carboxylic acids is 1. The molecule has 2 aromatic heterocycles. The molecule has 0 bridgehead atoms. The fourth-order valence-corrected chi connectivity index (χ4v) is 2.85. The summed E-state index contributed by atoms with van der Waals surface area (Å²) in [5.74, 6) is -0.722. The predicted octanol–water partition coefficient (Wildman–Crippen LogP) is -1.02. The molecular formula is C13H18N3O8P. The van der Waals surface area contributed by atoms with Crippen molar-refractivity contribution in [2.45, 2.75) is 6.54 Å². The first-order chi connectivity index (χ1) is 11.6. The van der Waals surface area contributed by atoms with Crippen molar-refractivity contribution in [3.05, 3.63) is 32.6 Å². The minimum absolute atomic E-state index is 0.0195. The van der Waals surface area contributed by atoms with Crippen LogP contribution in [0.4, 0.5) is 0 Å². The Labute approximate surface area is 141 Å². The smallest absolute Gasteiger partial charge is 0.354 e. The molecule has 0 spiro atoms. The lowest BCUT2D eigenvalue weighted by Gasteiger charge is -2.12. The van der Waals surface area contributed by atoms with Crippen LogP contribution in [0.1, 0.15) is 10.5 Å². The summed E-state index contributed by atoms with van der Waals surface area (Å²) in [4.78, 5) is 54.0. The standard InChI is InChI=1S/C13H18N3O8P/c1-14-10-8(11(17)15(2)13(14)19)6-9(12(18)23-3)16(10)4-5-24-7-25(20,21)22/h6H,4-5,7H2,1-3H3,(H2,20,21,22). The van der Waals surface area contributed by atoms with Crippen molar-refractivity contribution < 1.29 is 28.6 Å². The maximum atomic E-state index is 12.3. The van der Waals surface area contributed by atoms with Gasteiger partial charge in [0.2, 0.25) is 0 Å². The number of rotatable bonds is 6. The zero-order chi connectivity index (χ0) is 18.9. The van der Waals surface area contributed by atoms with Crippen LogP contribution in [0.15, 0.2) is 15.7 Å². The predicted molar refractivity (Wildman–Crippen MR) is 86.6 cm³/mol. The molecule has 0 saturated heterocycles. The maximum absolute atomic E-state index is 12.3. The summed E-state index contributed by atoms with van der Waals surface area (Å²) in [5.41, 5.74) is -0.939. The molecule has 2 rings (SSSR count). The van der Waals surface area contributed by atoms with Gasteiger partial charge in [0.15, 0.2) is 0 Å². The van der Waals surface area contributed by atoms with Crippen LogP contribution < -0.4 is 11.2 Å². The van der Waals surface area contributed by atoms with E-state index < -0.39 is 31.2 Å². The third kappa shape index (κ3) is 3.74. The second-order valence-electron chi connectivity index (χ2n) is 5.32. The number of carbonyl (C=O) groups is 1. The van der Waals surface area contributed by atoms with Gasteiger partial charge in [-0.3, -0.25) is 18.5 Å². The van der Waals surface area contributed by atoms with E-state index in [9.17, 15) is 18.9 Å². The zero-order valence-corrected chi connectivity index (χ0v) is 14.7. The normalized spacial score (nSPS) is 11.9. The highest BCUT2D eigenvalue weighted by atomic mass is 31.2. The van der Waals surface area contributed by atoms with Crippen LogP contribution in [0, 0.1) is 0 Å². The Bertz CT molecular complexity index is 980. The molecule has 12 heteroatoms. The lowest BCUT2D eigenvalue weighted by molar-refractivity contribution is 0.0585. The zero-order valence-electron chi connectivity index (χ0n) is 13.8. The fourth-order valence-electron chi connectivity index (χ4n) is 2.48. The minimum Gasteiger partial charge on any atom is -0.464 e. The van der Waals surface area contributed by atoms with Crippen LogP contribution in [0.3, 0.4) is 0 Å². The van der Waals surface area contributed by atoms with Gasteiger partial charge in [-0.15, -0.1) is 0 Å². The molecule has 11 nitrogen and oxygen atoms in total. The number of esters is 1. The number of aromatic nitrogens is 3. The Morgan fingerprint density at radius 3 is 2.44 bits per heavy atom. The number of nitrogens with zero attached hydrogens (tertiary/aromatic N) is 3. The van der Waals surface area contributed by atoms with Gasteiger partial charge in [0.25, 0.3) is 5.56 Å². The number of hydrogen-bond acceptors (Lipinski definition) is 6. The lowest BCUT2D eigenvalue weighted by atomic mass is 10.3. The monoisotopic (exact) mass is 375 g/mol. The van der Waals surface area contributed by atoms with Crippen LogP contribution >= 0.6 is 7.60 Å². The van der Waals surface area contributed by atoms with E-state index >= 15 is 0 Å². The SMILES string of the molecule is COC(=O)c1cc2c(=O)n(C)c(=O)n(C)c2n1CCOCP(=O)(O)O. The summed E-state index contributed by atoms with van der Waals surface area (Å²) in [5, 5.41) is 0.139. The Morgan fingerprint density at radius 1 is 1.24 bits per heavy atom. The molecular weight excluding hydrogens is 357 g/mol. The third-order valence-corrected chi connectivity index (χ3v) is 4.13. The molecule has 0 atom stereocenters. The van der Waals surface area contributed by atoms with Crippen LogP contribution in [0.5, 0.6) is 0 Å². The molecule has 2 aromatic rings. The van der Waals surface area contributed by atoms with E-state index in [1.807, 2.05) is 0 Å². The average Bonchev–Trinajstić information content (AvgIpc) is 2.93. The van der Waals surface area contributed by atoms with Crippen molar-refractivity contribution in [2.24, 2.45) is 14.1 Å². The van der Waals surface area contributed by atoms with Crippen molar-refractivity contribution in [3.63, 3.8) is 0 Å². The Morgan fingerprint density at radius 2 is 1.88 bits per heavy atom. The molecule has 0 aliphatic carbocycles. The van der Waals surface area contributed by atoms with E-state index in [4.69, 9.17) is 14.5 Å². The largest absolute Gasteiger partial charge is 0.464 e. The van der Waals surface area contributed by atoms with Crippen molar-refractivity contribution >= 4 is 24.6 Å². The summed E-state index contributed by atoms with van der Waals surface area (Å²) in [7, 11) is -0.384. The molecule has 2 N–H and O–H groups in total. The number of fused-ring (bicyclic) bond motifs is 1. The number of aryl methyl sites for hydroxylation is 1. The topological polar surface area (TPSA) is 142 Å². The molecule has 0 saturated carbocycles. The molecule has 0 radical (unpaired) electrons. The molecule has 138 valence electrons. The highest BCUT2D eigenvalue weighted by molar-refractivity contribution is 7.51. The van der Waals surface area contributed by atoms with Crippen LogP contribution in [0.2, 0.25) is 0 Å². The minimum atomic E-state index is -4.32. The molecule has 0 fully saturated rings. The van der Waals surface area contributed by atoms with Gasteiger partial charge in [0.05, 0.1) is 19.1 Å². The number of ether oxygens (including phenoxy) is 2. The molecule has 0 aromatic carbocycles. The maximum Gasteiger partial charge on any atom is 0.354 e. The Kier molecular flexibility index (Phi) is 5.33. The average molecular weight is 375 g/mol. The highest BCUT2D eigenvalue weighted by Crippen LogP contribution is 2.33. The van der Waals surface area contributed by atoms with Crippen LogP contribution in [-0.4, -0.2) is 49.5 Å². The van der Waals surface area contributed by atoms with E-state index in [-0.39, 0.29) is 29.9 Å². The number of hydrogen-bond donors (Lipinski definition) is 2. The van der Waals surface area contributed by atoms with Gasteiger partial charge in [-0.25, -0.2) is 9.59 Å². The summed E-state index contributed by atoms with van der Waals surface area (Å²) >= 11 is 0. The van der Waals surface area contributed by atoms with Crippen molar-refractivity contribution in [1.29, 1.82) is 0 Å². The summed E-state index contributed by atoms with van der Waals surface area (Å²) in [6.45, 7) is -0.170. The van der Waals surface area contributed by atoms with Crippen molar-refractivity contribution in [1.82, 2.24) is 13.7 Å². The van der Waals surface area contributed by atoms with Gasteiger partial charge in [-0.1, -0.05) is 0 Å². The first kappa shape index (κ1) is 19.1. The van der Waals surface area contributed by atoms with E-state index in [0.29, 0.717) is 0 Å². The van der Waals surface area contributed by atoms with E-state index in [1.165, 1.54) is 36.4 Å². The third-order valence-electron chi connectivity index (χ3n) is 3.61. The van der Waals surface area contributed by atoms with E-state index in [2.05, 4.69) is 4.74 Å². The number of methoxy groups -OCH3 is 1. The lowest BCUT2D eigenvalue weighted by Crippen LogP contribution is -2.37. The molecule has 2 heterocycles. The van der Waals surface area contributed by atoms with E-state index in [0.717, 1.165) is 4.57 Å². The molecule has 0 aliphatic heterocycles. The van der Waals surface area contributed by atoms with Gasteiger partial charge in [-0.2, -0.15) is 0 Å². The fraction of sp³-hybridized carbons (Fsp3) is 0.462. The van der Waals surface area contributed by atoms with Gasteiger partial charge in [0, 0.05) is 20.6 Å². The van der Waals surface area contributed by atoms with Gasteiger partial charge in [-0.05, 0) is 6.07 Å². The first-order valence-corrected chi connectivity index (χ1v) is 8.88. The summed E-state index contributed by atoms with van der Waals surface area (Å²) in [6.07, 6.45) is -0.777. The Hall–Kier alpha value is -2.20. The molecule has 0 aliphatic rings. The highest BCUT2D eigenvalue weighted by Gasteiger charge is 2.22. The summed E-state index contributed by atoms with van der Waals surface area (Å²) < 4.78 is 23.9. The molecule has 0 amide bonds. The van der Waals surface area contributed by atoms with Gasteiger partial charge < -0.3 is 23.8 Å². The summed E-state index contributed by atoms with van der Waals surface area (Å²) in [6, 6.07) is 1.31. The second-order valence-corrected chi connectivity index (χ2v) is 6.91. The van der Waals surface area contributed by atoms with Gasteiger partial charge >= 0.3 is 19.3 Å². The first-order valence-electron chi connectivity index (χ1n) is 7.08. The van der Waals surface area contributed by atoms with Crippen molar-refractivity contribution in [2.75, 3.05) is 20.1 Å². The van der Waals surface area contributed by atoms with Crippen LogP contribution in [-0.2, 0) is 34.7 Å². The quantitative estimate of drug-likeness (QED) is 0.371. The van der Waals surface area contributed by atoms with Gasteiger partial charge in [0.1, 0.15) is 17.7 Å². The second kappa shape index (κ2) is 6.96. The Balaban J connectivity index is 2.55. The van der Waals surface area contributed by atoms with Crippen LogP contribution in [0.25, 0.3) is 11.0 Å². The van der Waals surface area contributed by atoms with Crippen molar-refractivity contribution in [3.8, 4) is 0 Å². The molecule has 0 unspecified atom stereocenters. The van der Waals surface area contributed by atoms with E-state index in [1.54, 1.807) is 0 Å².